The van der Waals surface area contributed by atoms with Gasteiger partial charge in [-0.3, -0.25) is 0 Å². The van der Waals surface area contributed by atoms with Crippen LogP contribution in [-0.2, 0) is 5.75 Å². The summed E-state index contributed by atoms with van der Waals surface area (Å²) in [6, 6.07) is 0.833. The lowest BCUT2D eigenvalue weighted by Gasteiger charge is -2.31. The molecular formula is C7H12N4S. The Kier molecular flexibility index (Phi) is 2.06. The number of hydrogen-bond acceptors (Lipinski definition) is 4. The van der Waals surface area contributed by atoms with Gasteiger partial charge in [0.05, 0.1) is 11.7 Å². The molecular weight excluding hydrogens is 172 g/mol. The van der Waals surface area contributed by atoms with Crippen molar-refractivity contribution in [2.75, 3.05) is 0 Å². The number of nitrogens with two attached hydrogens (primary N) is 1. The van der Waals surface area contributed by atoms with E-state index in [9.17, 15) is 0 Å². The first-order chi connectivity index (χ1) is 5.79. The van der Waals surface area contributed by atoms with Crippen molar-refractivity contribution >= 4 is 12.6 Å². The van der Waals surface area contributed by atoms with E-state index in [4.69, 9.17) is 5.73 Å². The van der Waals surface area contributed by atoms with Crippen molar-refractivity contribution in [3.63, 3.8) is 0 Å². The molecule has 1 aliphatic carbocycles. The van der Waals surface area contributed by atoms with Crippen molar-refractivity contribution in [2.45, 2.75) is 30.7 Å². The number of nitrogens with zero attached hydrogens (tertiary/aromatic N) is 3. The van der Waals surface area contributed by atoms with Crippen LogP contribution >= 0.6 is 12.6 Å². The molecule has 2 rings (SSSR count). The second-order valence-corrected chi connectivity index (χ2v) is 3.55. The van der Waals surface area contributed by atoms with Gasteiger partial charge in [0.2, 0.25) is 0 Å². The van der Waals surface area contributed by atoms with E-state index in [-0.39, 0.29) is 0 Å². The summed E-state index contributed by atoms with van der Waals surface area (Å²) < 4.78 is 1.90. The number of rotatable bonds is 2. The van der Waals surface area contributed by atoms with Crippen molar-refractivity contribution < 1.29 is 0 Å². The van der Waals surface area contributed by atoms with Gasteiger partial charge in [0.15, 0.2) is 0 Å². The predicted molar refractivity (Wildman–Crippen MR) is 49.0 cm³/mol. The molecule has 0 aromatic carbocycles. The number of aromatic nitrogens is 3. The van der Waals surface area contributed by atoms with E-state index in [0.29, 0.717) is 17.8 Å². The van der Waals surface area contributed by atoms with E-state index in [1.54, 1.807) is 0 Å². The van der Waals surface area contributed by atoms with Gasteiger partial charge in [-0.1, -0.05) is 5.21 Å². The van der Waals surface area contributed by atoms with Crippen LogP contribution in [0, 0.1) is 0 Å². The lowest BCUT2D eigenvalue weighted by atomic mass is 9.88. The first-order valence-electron chi connectivity index (χ1n) is 4.06. The zero-order valence-corrected chi connectivity index (χ0v) is 7.61. The van der Waals surface area contributed by atoms with E-state index < -0.39 is 0 Å². The van der Waals surface area contributed by atoms with Crippen molar-refractivity contribution in [2.24, 2.45) is 5.73 Å². The summed E-state index contributed by atoms with van der Waals surface area (Å²) in [6.07, 6.45) is 3.99. The molecule has 0 atom stereocenters. The molecule has 1 aromatic rings. The molecule has 66 valence electrons. The Morgan fingerprint density at radius 2 is 2.42 bits per heavy atom. The molecule has 0 radical (unpaired) electrons. The third kappa shape index (κ3) is 1.34. The Balaban J connectivity index is 2.04. The first kappa shape index (κ1) is 8.07. The van der Waals surface area contributed by atoms with Gasteiger partial charge in [0, 0.05) is 18.0 Å². The molecule has 5 heteroatoms. The molecule has 1 aromatic heterocycles. The van der Waals surface area contributed by atoms with Crippen molar-refractivity contribution in [1.82, 2.24) is 15.0 Å². The molecule has 12 heavy (non-hydrogen) atoms. The highest BCUT2D eigenvalue weighted by Crippen LogP contribution is 2.29. The predicted octanol–water partition coefficient (Wildman–Crippen LogP) is 0.370. The fraction of sp³-hybridized carbons (Fsp3) is 0.714. The highest BCUT2D eigenvalue weighted by Gasteiger charge is 2.28. The minimum absolute atomic E-state index is 0.360. The SMILES string of the molecule is NC1CC(n2cc(CS)nn2)C1. The van der Waals surface area contributed by atoms with Crippen LogP contribution in [0.2, 0.25) is 0 Å². The van der Waals surface area contributed by atoms with Gasteiger partial charge in [-0.25, -0.2) is 4.68 Å². The fourth-order valence-corrected chi connectivity index (χ4v) is 1.56. The van der Waals surface area contributed by atoms with Crippen LogP contribution in [0.4, 0.5) is 0 Å². The molecule has 0 unspecified atom stereocenters. The Labute approximate surface area is 76.5 Å². The normalized spacial score (nSPS) is 28.5. The lowest BCUT2D eigenvalue weighted by molar-refractivity contribution is 0.243. The Morgan fingerprint density at radius 3 is 2.92 bits per heavy atom. The fourth-order valence-electron chi connectivity index (χ4n) is 1.41. The van der Waals surface area contributed by atoms with Gasteiger partial charge in [-0.2, -0.15) is 12.6 Å². The van der Waals surface area contributed by atoms with E-state index >= 15 is 0 Å². The molecule has 0 spiro atoms. The summed E-state index contributed by atoms with van der Waals surface area (Å²) >= 11 is 4.12. The third-order valence-corrected chi connectivity index (χ3v) is 2.57. The summed E-state index contributed by atoms with van der Waals surface area (Å²) in [5, 5.41) is 7.96. The largest absolute Gasteiger partial charge is 0.328 e. The molecule has 1 aliphatic rings. The summed E-state index contributed by atoms with van der Waals surface area (Å²) in [7, 11) is 0. The zero-order valence-electron chi connectivity index (χ0n) is 6.72. The Morgan fingerprint density at radius 1 is 1.67 bits per heavy atom. The minimum Gasteiger partial charge on any atom is -0.328 e. The minimum atomic E-state index is 0.360. The Hall–Kier alpha value is -0.550. The molecule has 0 aliphatic heterocycles. The molecule has 0 amide bonds. The first-order valence-corrected chi connectivity index (χ1v) is 4.70. The maximum absolute atomic E-state index is 5.67. The highest BCUT2D eigenvalue weighted by molar-refractivity contribution is 7.79. The molecule has 1 fully saturated rings. The van der Waals surface area contributed by atoms with Crippen molar-refractivity contribution in [3.8, 4) is 0 Å². The van der Waals surface area contributed by atoms with Gasteiger partial charge >= 0.3 is 0 Å². The maximum atomic E-state index is 5.67. The van der Waals surface area contributed by atoms with Crippen LogP contribution in [0.5, 0.6) is 0 Å². The van der Waals surface area contributed by atoms with E-state index in [1.165, 1.54) is 0 Å². The van der Waals surface area contributed by atoms with Gasteiger partial charge < -0.3 is 5.73 Å². The second kappa shape index (κ2) is 3.06. The Bertz CT molecular complexity index is 266. The van der Waals surface area contributed by atoms with Crippen molar-refractivity contribution in [3.05, 3.63) is 11.9 Å². The average Bonchev–Trinajstić information content (AvgIpc) is 2.46. The smallest absolute Gasteiger partial charge is 0.0923 e. The standard InChI is InChI=1S/C7H12N4S/c8-5-1-7(2-5)11-3-6(4-12)9-10-11/h3,5,7,12H,1-2,4,8H2. The summed E-state index contributed by atoms with van der Waals surface area (Å²) in [6.45, 7) is 0. The average molecular weight is 184 g/mol. The van der Waals surface area contributed by atoms with Crippen LogP contribution < -0.4 is 5.73 Å². The quantitative estimate of drug-likeness (QED) is 0.653. The van der Waals surface area contributed by atoms with Crippen LogP contribution in [0.1, 0.15) is 24.6 Å². The monoisotopic (exact) mass is 184 g/mol. The molecule has 0 bridgehead atoms. The summed E-state index contributed by atoms with van der Waals surface area (Å²) in [5.74, 6) is 0.652. The molecule has 1 heterocycles. The van der Waals surface area contributed by atoms with Crippen LogP contribution in [-0.4, -0.2) is 21.0 Å². The van der Waals surface area contributed by atoms with E-state index in [1.807, 2.05) is 10.9 Å². The number of hydrogen-bond donors (Lipinski definition) is 2. The zero-order chi connectivity index (χ0) is 8.55. The van der Waals surface area contributed by atoms with E-state index in [0.717, 1.165) is 18.5 Å². The van der Waals surface area contributed by atoms with Crippen LogP contribution in [0.3, 0.4) is 0 Å². The van der Waals surface area contributed by atoms with Crippen LogP contribution in [0.25, 0.3) is 0 Å². The topological polar surface area (TPSA) is 56.7 Å². The molecule has 4 nitrogen and oxygen atoms in total. The lowest BCUT2D eigenvalue weighted by Crippen LogP contribution is -2.37. The van der Waals surface area contributed by atoms with Crippen molar-refractivity contribution in [1.29, 1.82) is 0 Å². The van der Waals surface area contributed by atoms with E-state index in [2.05, 4.69) is 22.9 Å². The van der Waals surface area contributed by atoms with Gasteiger partial charge in [-0.15, -0.1) is 5.10 Å². The number of thiol groups is 1. The third-order valence-electron chi connectivity index (χ3n) is 2.24. The maximum Gasteiger partial charge on any atom is 0.0923 e. The van der Waals surface area contributed by atoms with Gasteiger partial charge in [0.1, 0.15) is 0 Å². The van der Waals surface area contributed by atoms with Gasteiger partial charge in [-0.05, 0) is 12.8 Å². The summed E-state index contributed by atoms with van der Waals surface area (Å²) in [5.41, 5.74) is 6.60. The molecule has 0 saturated heterocycles. The van der Waals surface area contributed by atoms with Crippen LogP contribution in [0.15, 0.2) is 6.20 Å². The summed E-state index contributed by atoms with van der Waals surface area (Å²) in [4.78, 5) is 0. The highest BCUT2D eigenvalue weighted by atomic mass is 32.1. The van der Waals surface area contributed by atoms with Gasteiger partial charge in [0.25, 0.3) is 0 Å². The second-order valence-electron chi connectivity index (χ2n) is 3.23. The molecule has 2 N–H and O–H groups in total. The molecule has 1 saturated carbocycles.